The van der Waals surface area contributed by atoms with Gasteiger partial charge >= 0.3 is 0 Å². The molecule has 0 aliphatic rings. The Bertz CT molecular complexity index is 267. The third-order valence-corrected chi connectivity index (χ3v) is 1.50. The Balaban J connectivity index is 2.28. The average Bonchev–Trinajstić information content (AvgIpc) is 2.19. The van der Waals surface area contributed by atoms with E-state index >= 15 is 0 Å². The largest absolute Gasteiger partial charge is 0.500 e. The van der Waals surface area contributed by atoms with Gasteiger partial charge in [0.15, 0.2) is 0 Å². The molecule has 13 heavy (non-hydrogen) atoms. The number of hydrogen-bond donors (Lipinski definition) is 0. The average molecular weight is 175 g/mol. The van der Waals surface area contributed by atoms with Crippen molar-refractivity contribution in [2.45, 2.75) is 0 Å². The van der Waals surface area contributed by atoms with Crippen LogP contribution in [0.25, 0.3) is 0 Å². The molecule has 2 heteroatoms. The second-order valence-corrected chi connectivity index (χ2v) is 2.48. The van der Waals surface area contributed by atoms with Crippen molar-refractivity contribution in [2.24, 2.45) is 4.99 Å². The van der Waals surface area contributed by atoms with E-state index < -0.39 is 0 Å². The van der Waals surface area contributed by atoms with Gasteiger partial charge < -0.3 is 4.74 Å². The van der Waals surface area contributed by atoms with Gasteiger partial charge in [-0.3, -0.25) is 4.99 Å². The first-order chi connectivity index (χ1) is 6.43. The molecule has 1 rings (SSSR count). The molecule has 0 bridgehead atoms. The normalized spacial score (nSPS) is 10.2. The molecule has 68 valence electrons. The number of nitrogens with zero attached hydrogens (tertiary/aromatic N) is 1. The van der Waals surface area contributed by atoms with Gasteiger partial charge in [0, 0.05) is 6.21 Å². The predicted molar refractivity (Wildman–Crippen MR) is 55.1 cm³/mol. The quantitative estimate of drug-likeness (QED) is 0.382. The maximum atomic E-state index is 4.92. The Labute approximate surface area is 78.6 Å². The summed E-state index contributed by atoms with van der Waals surface area (Å²) in [5.41, 5.74) is 1.11. The Hall–Kier alpha value is -1.57. The van der Waals surface area contributed by atoms with Gasteiger partial charge in [-0.25, -0.2) is 0 Å². The van der Waals surface area contributed by atoms with Crippen LogP contribution in [0.1, 0.15) is 5.56 Å². The molecule has 1 aromatic carbocycles. The van der Waals surface area contributed by atoms with Crippen LogP contribution in [-0.4, -0.2) is 19.4 Å². The van der Waals surface area contributed by atoms with Crippen molar-refractivity contribution >= 4 is 6.21 Å². The molecule has 0 aliphatic heterocycles. The van der Waals surface area contributed by atoms with Crippen LogP contribution in [0.2, 0.25) is 0 Å². The first kappa shape index (κ1) is 9.52. The second-order valence-electron chi connectivity index (χ2n) is 2.48. The smallest absolute Gasteiger partial charge is 0.107 e. The maximum absolute atomic E-state index is 4.92. The van der Waals surface area contributed by atoms with E-state index in [-0.39, 0.29) is 0 Å². The number of benzene rings is 1. The van der Waals surface area contributed by atoms with Crippen molar-refractivity contribution in [3.63, 3.8) is 0 Å². The lowest BCUT2D eigenvalue weighted by atomic mass is 10.2. The third-order valence-electron chi connectivity index (χ3n) is 1.50. The molecule has 0 N–H and O–H groups in total. The molecule has 0 aromatic heterocycles. The summed E-state index contributed by atoms with van der Waals surface area (Å²) < 4.78 is 4.92. The van der Waals surface area contributed by atoms with Gasteiger partial charge in [0.2, 0.25) is 0 Å². The zero-order chi connectivity index (χ0) is 9.36. The van der Waals surface area contributed by atoms with E-state index in [0.29, 0.717) is 13.2 Å². The second kappa shape index (κ2) is 6.00. The summed E-state index contributed by atoms with van der Waals surface area (Å²) in [5, 5.41) is 0. The van der Waals surface area contributed by atoms with Crippen molar-refractivity contribution in [1.82, 2.24) is 0 Å². The van der Waals surface area contributed by atoms with Gasteiger partial charge in [0.25, 0.3) is 0 Å². The van der Waals surface area contributed by atoms with Gasteiger partial charge in [-0.2, -0.15) is 0 Å². The highest BCUT2D eigenvalue weighted by atomic mass is 16.5. The van der Waals surface area contributed by atoms with Crippen LogP contribution in [0, 0.1) is 0 Å². The van der Waals surface area contributed by atoms with Crippen molar-refractivity contribution in [2.75, 3.05) is 13.2 Å². The van der Waals surface area contributed by atoms with Crippen LogP contribution in [0.4, 0.5) is 0 Å². The maximum Gasteiger partial charge on any atom is 0.107 e. The minimum absolute atomic E-state index is 0.590. The summed E-state index contributed by atoms with van der Waals surface area (Å²) in [6.45, 7) is 4.70. The fourth-order valence-corrected chi connectivity index (χ4v) is 0.898. The van der Waals surface area contributed by atoms with Gasteiger partial charge in [-0.15, -0.1) is 0 Å². The van der Waals surface area contributed by atoms with Gasteiger partial charge in [0.05, 0.1) is 12.8 Å². The highest BCUT2D eigenvalue weighted by molar-refractivity contribution is 5.79. The van der Waals surface area contributed by atoms with Crippen molar-refractivity contribution in [3.05, 3.63) is 48.7 Å². The summed E-state index contributed by atoms with van der Waals surface area (Å²) in [4.78, 5) is 4.18. The summed E-state index contributed by atoms with van der Waals surface area (Å²) in [5.74, 6) is 0. The number of hydrogen-bond acceptors (Lipinski definition) is 2. The molecule has 0 spiro atoms. The molecular weight excluding hydrogens is 162 g/mol. The lowest BCUT2D eigenvalue weighted by Gasteiger charge is -1.94. The zero-order valence-corrected chi connectivity index (χ0v) is 7.52. The number of rotatable bonds is 5. The van der Waals surface area contributed by atoms with Crippen LogP contribution in [-0.2, 0) is 4.74 Å². The predicted octanol–water partition coefficient (Wildman–Crippen LogP) is 2.27. The molecule has 0 saturated heterocycles. The summed E-state index contributed by atoms with van der Waals surface area (Å²) in [6, 6.07) is 9.98. The van der Waals surface area contributed by atoms with E-state index in [1.165, 1.54) is 6.26 Å². The first-order valence-corrected chi connectivity index (χ1v) is 4.21. The fourth-order valence-electron chi connectivity index (χ4n) is 0.898. The van der Waals surface area contributed by atoms with Gasteiger partial charge in [0.1, 0.15) is 6.61 Å². The molecule has 0 saturated carbocycles. The van der Waals surface area contributed by atoms with E-state index in [1.54, 1.807) is 0 Å². The third kappa shape index (κ3) is 4.11. The van der Waals surface area contributed by atoms with Gasteiger partial charge in [-0.05, 0) is 5.56 Å². The van der Waals surface area contributed by atoms with E-state index in [1.807, 2.05) is 36.5 Å². The highest BCUT2D eigenvalue weighted by Gasteiger charge is 1.83. The lowest BCUT2D eigenvalue weighted by molar-refractivity contribution is 0.261. The van der Waals surface area contributed by atoms with Crippen molar-refractivity contribution < 1.29 is 4.74 Å². The van der Waals surface area contributed by atoms with Crippen LogP contribution >= 0.6 is 0 Å². The molecule has 0 aliphatic carbocycles. The van der Waals surface area contributed by atoms with Crippen LogP contribution in [0.5, 0.6) is 0 Å². The van der Waals surface area contributed by atoms with E-state index in [0.717, 1.165) is 5.56 Å². The molecular formula is C11H13NO. The van der Waals surface area contributed by atoms with Crippen molar-refractivity contribution in [3.8, 4) is 0 Å². The number of ether oxygens (including phenoxy) is 1. The molecule has 1 aromatic rings. The summed E-state index contributed by atoms with van der Waals surface area (Å²) in [7, 11) is 0. The Morgan fingerprint density at radius 3 is 2.77 bits per heavy atom. The van der Waals surface area contributed by atoms with Crippen LogP contribution in [0.15, 0.2) is 48.2 Å². The van der Waals surface area contributed by atoms with Crippen LogP contribution < -0.4 is 0 Å². The zero-order valence-electron chi connectivity index (χ0n) is 7.52. The standard InChI is InChI=1S/C11H13NO/c1-2-13-9-8-12-10-11-6-4-3-5-7-11/h2-7,10H,1,8-9H2. The lowest BCUT2D eigenvalue weighted by Crippen LogP contribution is -1.92. The Morgan fingerprint density at radius 1 is 1.31 bits per heavy atom. The molecule has 0 fully saturated rings. The van der Waals surface area contributed by atoms with E-state index in [2.05, 4.69) is 11.6 Å². The molecule has 0 radical (unpaired) electrons. The molecule has 0 atom stereocenters. The Morgan fingerprint density at radius 2 is 2.08 bits per heavy atom. The fraction of sp³-hybridized carbons (Fsp3) is 0.182. The van der Waals surface area contributed by atoms with Crippen LogP contribution in [0.3, 0.4) is 0 Å². The monoisotopic (exact) mass is 175 g/mol. The van der Waals surface area contributed by atoms with E-state index in [4.69, 9.17) is 4.74 Å². The minimum Gasteiger partial charge on any atom is -0.500 e. The Kier molecular flexibility index (Phi) is 4.39. The summed E-state index contributed by atoms with van der Waals surface area (Å²) in [6.07, 6.45) is 3.27. The van der Waals surface area contributed by atoms with E-state index in [9.17, 15) is 0 Å². The molecule has 0 heterocycles. The van der Waals surface area contributed by atoms with Crippen molar-refractivity contribution in [1.29, 1.82) is 0 Å². The molecule has 2 nitrogen and oxygen atoms in total. The summed E-state index contributed by atoms with van der Waals surface area (Å²) >= 11 is 0. The molecule has 0 amide bonds. The molecule has 0 unspecified atom stereocenters. The number of aliphatic imine (C=N–C) groups is 1. The SMILES string of the molecule is C=COCCN=Cc1ccccc1. The topological polar surface area (TPSA) is 21.6 Å². The highest BCUT2D eigenvalue weighted by Crippen LogP contribution is 1.93. The van der Waals surface area contributed by atoms with Gasteiger partial charge in [-0.1, -0.05) is 36.9 Å². The first-order valence-electron chi connectivity index (χ1n) is 4.21. The minimum atomic E-state index is 0.590.